The van der Waals surface area contributed by atoms with Gasteiger partial charge in [0.2, 0.25) is 0 Å². The Bertz CT molecular complexity index is 856. The maximum absolute atomic E-state index is 13.6. The highest BCUT2D eigenvalue weighted by Crippen LogP contribution is 2.33. The molecule has 0 spiro atoms. The van der Waals surface area contributed by atoms with E-state index in [4.69, 9.17) is 20.8 Å². The second-order valence-electron chi connectivity index (χ2n) is 4.48. The van der Waals surface area contributed by atoms with E-state index in [1.54, 1.807) is 6.07 Å². The molecular weight excluding hydrogens is 311 g/mol. The van der Waals surface area contributed by atoms with E-state index in [2.05, 4.69) is 4.74 Å². The first-order valence-corrected chi connectivity index (χ1v) is 6.69. The summed E-state index contributed by atoms with van der Waals surface area (Å²) < 4.78 is 29.1. The summed E-state index contributed by atoms with van der Waals surface area (Å²) in [7, 11) is 1.27. The highest BCUT2D eigenvalue weighted by atomic mass is 35.5. The molecule has 0 radical (unpaired) electrons. The zero-order valence-electron chi connectivity index (χ0n) is 11.4. The number of halogens is 2. The van der Waals surface area contributed by atoms with Gasteiger partial charge < -0.3 is 13.9 Å². The van der Waals surface area contributed by atoms with Gasteiger partial charge in [-0.05, 0) is 24.3 Å². The largest absolute Gasteiger partial charge is 0.465 e. The van der Waals surface area contributed by atoms with Crippen LogP contribution in [0.4, 0.5) is 4.39 Å². The van der Waals surface area contributed by atoms with Crippen LogP contribution in [0.5, 0.6) is 11.5 Å². The molecular formula is C16H10ClFO4. The molecule has 6 heteroatoms. The van der Waals surface area contributed by atoms with Gasteiger partial charge in [0, 0.05) is 17.5 Å². The number of rotatable bonds is 3. The average Bonchev–Trinajstić information content (AvgIpc) is 2.95. The maximum atomic E-state index is 13.6. The third-order valence-electron chi connectivity index (χ3n) is 3.06. The van der Waals surface area contributed by atoms with Crippen LogP contribution in [0.2, 0.25) is 5.02 Å². The van der Waals surface area contributed by atoms with Crippen LogP contribution in [0.15, 0.2) is 47.1 Å². The molecule has 112 valence electrons. The van der Waals surface area contributed by atoms with E-state index in [1.165, 1.54) is 43.7 Å². The minimum atomic E-state index is -0.546. The summed E-state index contributed by atoms with van der Waals surface area (Å²) in [5.41, 5.74) is 0.647. The lowest BCUT2D eigenvalue weighted by Crippen LogP contribution is -2.01. The molecule has 1 heterocycles. The topological polar surface area (TPSA) is 48.7 Å². The Hall–Kier alpha value is -2.53. The first-order valence-electron chi connectivity index (χ1n) is 6.31. The van der Waals surface area contributed by atoms with Gasteiger partial charge in [0.1, 0.15) is 11.6 Å². The Morgan fingerprint density at radius 3 is 2.77 bits per heavy atom. The van der Waals surface area contributed by atoms with Crippen molar-refractivity contribution < 1.29 is 23.1 Å². The SMILES string of the molecule is COC(=O)c1ccc(Oc2cc(F)cc3ccoc23)cc1Cl. The number of esters is 1. The van der Waals surface area contributed by atoms with Crippen LogP contribution in [0.3, 0.4) is 0 Å². The van der Waals surface area contributed by atoms with Gasteiger partial charge in [-0.25, -0.2) is 9.18 Å². The van der Waals surface area contributed by atoms with E-state index in [0.717, 1.165) is 0 Å². The van der Waals surface area contributed by atoms with Gasteiger partial charge in [-0.15, -0.1) is 0 Å². The van der Waals surface area contributed by atoms with Crippen LogP contribution in [-0.4, -0.2) is 13.1 Å². The maximum Gasteiger partial charge on any atom is 0.339 e. The third kappa shape index (κ3) is 2.63. The molecule has 3 rings (SSSR count). The number of hydrogen-bond acceptors (Lipinski definition) is 4. The monoisotopic (exact) mass is 320 g/mol. The normalized spacial score (nSPS) is 10.7. The van der Waals surface area contributed by atoms with Gasteiger partial charge in [-0.1, -0.05) is 11.6 Å². The summed E-state index contributed by atoms with van der Waals surface area (Å²) in [6, 6.07) is 8.67. The molecule has 0 fully saturated rings. The second kappa shape index (κ2) is 5.69. The van der Waals surface area contributed by atoms with Crippen LogP contribution >= 0.6 is 11.6 Å². The number of benzene rings is 2. The fourth-order valence-corrected chi connectivity index (χ4v) is 2.30. The van der Waals surface area contributed by atoms with Crippen molar-refractivity contribution in [3.63, 3.8) is 0 Å². The number of ether oxygens (including phenoxy) is 2. The first kappa shape index (κ1) is 14.4. The molecule has 22 heavy (non-hydrogen) atoms. The molecule has 0 atom stereocenters. The summed E-state index contributed by atoms with van der Waals surface area (Å²) in [6.45, 7) is 0. The van der Waals surface area contributed by atoms with Crippen molar-refractivity contribution in [1.29, 1.82) is 0 Å². The van der Waals surface area contributed by atoms with Gasteiger partial charge >= 0.3 is 5.97 Å². The first-order chi connectivity index (χ1) is 10.6. The molecule has 0 unspecified atom stereocenters. The standard InChI is InChI=1S/C16H10ClFO4/c1-20-16(19)12-3-2-11(8-13(12)17)22-14-7-10(18)6-9-4-5-21-15(9)14/h2-8H,1H3. The summed E-state index contributed by atoms with van der Waals surface area (Å²) in [6.07, 6.45) is 1.45. The molecule has 0 aliphatic rings. The molecule has 0 saturated heterocycles. The molecule has 3 aromatic rings. The zero-order valence-corrected chi connectivity index (χ0v) is 12.2. The smallest absolute Gasteiger partial charge is 0.339 e. The quantitative estimate of drug-likeness (QED) is 0.650. The van der Waals surface area contributed by atoms with Crippen molar-refractivity contribution >= 4 is 28.5 Å². The molecule has 0 amide bonds. The van der Waals surface area contributed by atoms with Crippen LogP contribution in [-0.2, 0) is 4.74 Å². The predicted molar refractivity (Wildman–Crippen MR) is 79.0 cm³/mol. The predicted octanol–water partition coefficient (Wildman–Crippen LogP) is 4.80. The van der Waals surface area contributed by atoms with Crippen molar-refractivity contribution in [2.75, 3.05) is 7.11 Å². The third-order valence-corrected chi connectivity index (χ3v) is 3.37. The van der Waals surface area contributed by atoms with Gasteiger partial charge in [0.05, 0.1) is 24.0 Å². The van der Waals surface area contributed by atoms with E-state index in [9.17, 15) is 9.18 Å². The minimum Gasteiger partial charge on any atom is -0.465 e. The van der Waals surface area contributed by atoms with Crippen molar-refractivity contribution in [1.82, 2.24) is 0 Å². The molecule has 0 aliphatic carbocycles. The average molecular weight is 321 g/mol. The number of fused-ring (bicyclic) bond motifs is 1. The second-order valence-corrected chi connectivity index (χ2v) is 4.89. The number of carbonyl (C=O) groups excluding carboxylic acids is 1. The number of carbonyl (C=O) groups is 1. The lowest BCUT2D eigenvalue weighted by atomic mass is 10.2. The van der Waals surface area contributed by atoms with Crippen molar-refractivity contribution in [3.05, 3.63) is 59.1 Å². The molecule has 1 aromatic heterocycles. The Balaban J connectivity index is 1.97. The molecule has 2 aromatic carbocycles. The lowest BCUT2D eigenvalue weighted by Gasteiger charge is -2.08. The Morgan fingerprint density at radius 2 is 2.05 bits per heavy atom. The van der Waals surface area contributed by atoms with Gasteiger partial charge in [-0.3, -0.25) is 0 Å². The Morgan fingerprint density at radius 1 is 1.23 bits per heavy atom. The van der Waals surface area contributed by atoms with E-state index in [1.807, 2.05) is 0 Å². The van der Waals surface area contributed by atoms with Crippen LogP contribution in [0.1, 0.15) is 10.4 Å². The van der Waals surface area contributed by atoms with Crippen molar-refractivity contribution in [2.24, 2.45) is 0 Å². The van der Waals surface area contributed by atoms with Gasteiger partial charge in [-0.2, -0.15) is 0 Å². The van der Waals surface area contributed by atoms with Crippen molar-refractivity contribution in [3.8, 4) is 11.5 Å². The summed E-state index contributed by atoms with van der Waals surface area (Å²) in [5, 5.41) is 0.767. The van der Waals surface area contributed by atoms with E-state index >= 15 is 0 Å². The van der Waals surface area contributed by atoms with Crippen LogP contribution < -0.4 is 4.74 Å². The van der Waals surface area contributed by atoms with E-state index in [-0.39, 0.29) is 16.3 Å². The van der Waals surface area contributed by atoms with E-state index in [0.29, 0.717) is 16.7 Å². The molecule has 0 aliphatic heterocycles. The van der Waals surface area contributed by atoms with Crippen molar-refractivity contribution in [2.45, 2.75) is 0 Å². The minimum absolute atomic E-state index is 0.177. The highest BCUT2D eigenvalue weighted by molar-refractivity contribution is 6.33. The van der Waals surface area contributed by atoms with Crippen LogP contribution in [0.25, 0.3) is 11.0 Å². The summed E-state index contributed by atoms with van der Waals surface area (Å²) in [5.74, 6) is -0.417. The fraction of sp³-hybridized carbons (Fsp3) is 0.0625. The Labute approximate surface area is 130 Å². The number of methoxy groups -OCH3 is 1. The zero-order chi connectivity index (χ0) is 15.7. The molecule has 4 nitrogen and oxygen atoms in total. The molecule has 0 saturated carbocycles. The molecule has 0 bridgehead atoms. The Kier molecular flexibility index (Phi) is 3.73. The van der Waals surface area contributed by atoms with Crippen LogP contribution in [0, 0.1) is 5.82 Å². The van der Waals surface area contributed by atoms with Gasteiger partial charge in [0.15, 0.2) is 11.3 Å². The number of furan rings is 1. The highest BCUT2D eigenvalue weighted by Gasteiger charge is 2.14. The summed E-state index contributed by atoms with van der Waals surface area (Å²) in [4.78, 5) is 11.5. The number of hydrogen-bond donors (Lipinski definition) is 0. The summed E-state index contributed by atoms with van der Waals surface area (Å²) >= 11 is 6.02. The lowest BCUT2D eigenvalue weighted by molar-refractivity contribution is 0.0601. The van der Waals surface area contributed by atoms with Gasteiger partial charge in [0.25, 0.3) is 0 Å². The molecule has 0 N–H and O–H groups in total. The van der Waals surface area contributed by atoms with E-state index < -0.39 is 11.8 Å². The fourth-order valence-electron chi connectivity index (χ4n) is 2.05.